The van der Waals surface area contributed by atoms with Gasteiger partial charge in [-0.1, -0.05) is 0 Å². The van der Waals surface area contributed by atoms with Gasteiger partial charge in [-0.2, -0.15) is 0 Å². The fourth-order valence-corrected chi connectivity index (χ4v) is 1.28. The third kappa shape index (κ3) is 3.58. The van der Waals surface area contributed by atoms with Gasteiger partial charge in [-0.25, -0.2) is 0 Å². The summed E-state index contributed by atoms with van der Waals surface area (Å²) in [6.45, 7) is 6.66. The van der Waals surface area contributed by atoms with Crippen molar-refractivity contribution in [1.29, 1.82) is 0 Å². The third-order valence-corrected chi connectivity index (χ3v) is 2.46. The van der Waals surface area contributed by atoms with Gasteiger partial charge in [0.25, 0.3) is 0 Å². The number of hydrogen-bond donors (Lipinski definition) is 1. The Balaban J connectivity index is 2.82. The van der Waals surface area contributed by atoms with Crippen LogP contribution in [-0.4, -0.2) is 16.9 Å². The molecule has 0 aliphatic heterocycles. The molecule has 4 heteroatoms. The van der Waals surface area contributed by atoms with Gasteiger partial charge in [0.15, 0.2) is 5.78 Å². The molecule has 0 saturated heterocycles. The number of carbonyl (C=O) groups excluding carboxylic acids is 2. The number of ketones is 1. The number of carbonyl (C=O) groups is 2. The molecule has 0 fully saturated rings. The SMILES string of the molecule is CC(=O)c1ccc(O)c(COC(=O)C(C)(C)C)c1. The molecule has 0 radical (unpaired) electrons. The van der Waals surface area contributed by atoms with Gasteiger partial charge >= 0.3 is 5.97 Å². The van der Waals surface area contributed by atoms with Gasteiger partial charge in [0.2, 0.25) is 0 Å². The normalized spacial score (nSPS) is 11.1. The van der Waals surface area contributed by atoms with Crippen molar-refractivity contribution in [2.45, 2.75) is 34.3 Å². The zero-order valence-corrected chi connectivity index (χ0v) is 11.1. The van der Waals surface area contributed by atoms with Gasteiger partial charge in [-0.05, 0) is 45.9 Å². The average molecular weight is 250 g/mol. The highest BCUT2D eigenvalue weighted by Crippen LogP contribution is 2.22. The number of aromatic hydroxyl groups is 1. The Hall–Kier alpha value is -1.84. The first-order valence-corrected chi connectivity index (χ1v) is 5.72. The molecule has 0 atom stereocenters. The summed E-state index contributed by atoms with van der Waals surface area (Å²) >= 11 is 0. The fourth-order valence-electron chi connectivity index (χ4n) is 1.28. The Morgan fingerprint density at radius 3 is 2.39 bits per heavy atom. The smallest absolute Gasteiger partial charge is 0.311 e. The van der Waals surface area contributed by atoms with Crippen LogP contribution in [0.25, 0.3) is 0 Å². The van der Waals surface area contributed by atoms with E-state index in [1.54, 1.807) is 20.8 Å². The van der Waals surface area contributed by atoms with Crippen molar-refractivity contribution in [2.75, 3.05) is 0 Å². The van der Waals surface area contributed by atoms with Crippen molar-refractivity contribution in [3.05, 3.63) is 29.3 Å². The van der Waals surface area contributed by atoms with Crippen molar-refractivity contribution < 1.29 is 19.4 Å². The van der Waals surface area contributed by atoms with Crippen molar-refractivity contribution in [3.8, 4) is 5.75 Å². The second kappa shape index (κ2) is 5.21. The number of Topliss-reactive ketones (excluding diaryl/α,β-unsaturated/α-hetero) is 1. The summed E-state index contributed by atoms with van der Waals surface area (Å²) in [6.07, 6.45) is 0. The van der Waals surface area contributed by atoms with E-state index < -0.39 is 5.41 Å². The Labute approximate surface area is 107 Å². The van der Waals surface area contributed by atoms with Crippen LogP contribution >= 0.6 is 0 Å². The van der Waals surface area contributed by atoms with Gasteiger partial charge in [0, 0.05) is 11.1 Å². The molecule has 1 aromatic carbocycles. The quantitative estimate of drug-likeness (QED) is 0.661. The minimum Gasteiger partial charge on any atom is -0.508 e. The molecule has 98 valence electrons. The molecule has 0 spiro atoms. The highest BCUT2D eigenvalue weighted by atomic mass is 16.5. The van der Waals surface area contributed by atoms with Crippen LogP contribution in [0.4, 0.5) is 0 Å². The molecular formula is C14H18O4. The standard InChI is InChI=1S/C14H18O4/c1-9(15)10-5-6-12(16)11(7-10)8-18-13(17)14(2,3)4/h5-7,16H,8H2,1-4H3. The molecule has 1 aromatic rings. The van der Waals surface area contributed by atoms with Crippen LogP contribution in [0, 0.1) is 5.41 Å². The lowest BCUT2D eigenvalue weighted by Gasteiger charge is -2.17. The summed E-state index contributed by atoms with van der Waals surface area (Å²) in [6, 6.07) is 4.50. The molecule has 0 aliphatic carbocycles. The van der Waals surface area contributed by atoms with Crippen LogP contribution in [0.15, 0.2) is 18.2 Å². The van der Waals surface area contributed by atoms with Crippen molar-refractivity contribution in [2.24, 2.45) is 5.41 Å². The number of benzene rings is 1. The molecule has 0 unspecified atom stereocenters. The van der Waals surface area contributed by atoms with Crippen LogP contribution < -0.4 is 0 Å². The van der Waals surface area contributed by atoms with E-state index in [0.29, 0.717) is 11.1 Å². The predicted molar refractivity (Wildman–Crippen MR) is 67.4 cm³/mol. The van der Waals surface area contributed by atoms with Crippen LogP contribution in [0.5, 0.6) is 5.75 Å². The summed E-state index contributed by atoms with van der Waals surface area (Å²) < 4.78 is 5.10. The highest BCUT2D eigenvalue weighted by Gasteiger charge is 2.23. The first-order valence-electron chi connectivity index (χ1n) is 5.72. The topological polar surface area (TPSA) is 63.6 Å². The number of hydrogen-bond acceptors (Lipinski definition) is 4. The molecular weight excluding hydrogens is 232 g/mol. The van der Waals surface area contributed by atoms with E-state index in [4.69, 9.17) is 4.74 Å². The van der Waals surface area contributed by atoms with E-state index in [0.717, 1.165) is 0 Å². The molecule has 0 aromatic heterocycles. The largest absolute Gasteiger partial charge is 0.508 e. The Bertz CT molecular complexity index is 469. The summed E-state index contributed by atoms with van der Waals surface area (Å²) in [4.78, 5) is 22.8. The number of phenols is 1. The van der Waals surface area contributed by atoms with Gasteiger partial charge in [0.1, 0.15) is 12.4 Å². The zero-order chi connectivity index (χ0) is 13.9. The van der Waals surface area contributed by atoms with Gasteiger partial charge in [0.05, 0.1) is 5.41 Å². The highest BCUT2D eigenvalue weighted by molar-refractivity contribution is 5.94. The van der Waals surface area contributed by atoms with E-state index in [2.05, 4.69) is 0 Å². The summed E-state index contributed by atoms with van der Waals surface area (Å²) in [7, 11) is 0. The lowest BCUT2D eigenvalue weighted by Crippen LogP contribution is -2.22. The van der Waals surface area contributed by atoms with Gasteiger partial charge in [-0.15, -0.1) is 0 Å². The third-order valence-electron chi connectivity index (χ3n) is 2.46. The number of ether oxygens (including phenoxy) is 1. The molecule has 1 N–H and O–H groups in total. The Morgan fingerprint density at radius 2 is 1.89 bits per heavy atom. The van der Waals surface area contributed by atoms with Crippen LogP contribution in [-0.2, 0) is 16.1 Å². The van der Waals surface area contributed by atoms with E-state index in [1.165, 1.54) is 25.1 Å². The summed E-state index contributed by atoms with van der Waals surface area (Å²) in [5, 5.41) is 9.63. The first-order chi connectivity index (χ1) is 8.21. The molecule has 0 bridgehead atoms. The van der Waals surface area contributed by atoms with Crippen molar-refractivity contribution >= 4 is 11.8 Å². The molecule has 1 rings (SSSR count). The van der Waals surface area contributed by atoms with Crippen molar-refractivity contribution in [1.82, 2.24) is 0 Å². The minimum absolute atomic E-state index is 0.0155. The van der Waals surface area contributed by atoms with Crippen molar-refractivity contribution in [3.63, 3.8) is 0 Å². The Kier molecular flexibility index (Phi) is 4.11. The van der Waals surface area contributed by atoms with E-state index in [-0.39, 0.29) is 24.1 Å². The van der Waals surface area contributed by atoms with Gasteiger partial charge in [-0.3, -0.25) is 9.59 Å². The maximum atomic E-state index is 11.6. The van der Waals surface area contributed by atoms with E-state index in [9.17, 15) is 14.7 Å². The molecule has 18 heavy (non-hydrogen) atoms. The van der Waals surface area contributed by atoms with E-state index >= 15 is 0 Å². The summed E-state index contributed by atoms with van der Waals surface area (Å²) in [5.74, 6) is -0.435. The molecule has 0 amide bonds. The number of esters is 1. The van der Waals surface area contributed by atoms with Gasteiger partial charge < -0.3 is 9.84 Å². The summed E-state index contributed by atoms with van der Waals surface area (Å²) in [5.41, 5.74) is 0.322. The fraction of sp³-hybridized carbons (Fsp3) is 0.429. The predicted octanol–water partition coefficient (Wildman–Crippen LogP) is 2.68. The second-order valence-electron chi connectivity index (χ2n) is 5.23. The lowest BCUT2D eigenvalue weighted by molar-refractivity contribution is -0.154. The van der Waals surface area contributed by atoms with Crippen LogP contribution in [0.2, 0.25) is 0 Å². The maximum Gasteiger partial charge on any atom is 0.311 e. The number of phenolic OH excluding ortho intramolecular Hbond substituents is 1. The molecule has 0 heterocycles. The first kappa shape index (κ1) is 14.2. The molecule has 4 nitrogen and oxygen atoms in total. The second-order valence-corrected chi connectivity index (χ2v) is 5.23. The minimum atomic E-state index is -0.589. The lowest BCUT2D eigenvalue weighted by atomic mass is 9.97. The molecule has 0 aliphatic rings. The van der Waals surface area contributed by atoms with Crippen LogP contribution in [0.3, 0.4) is 0 Å². The Morgan fingerprint density at radius 1 is 1.28 bits per heavy atom. The van der Waals surface area contributed by atoms with Crippen LogP contribution in [0.1, 0.15) is 43.6 Å². The monoisotopic (exact) mass is 250 g/mol. The maximum absolute atomic E-state index is 11.6. The number of rotatable bonds is 3. The molecule has 0 saturated carbocycles. The average Bonchev–Trinajstić information content (AvgIpc) is 2.25. The van der Waals surface area contributed by atoms with E-state index in [1.807, 2.05) is 0 Å². The zero-order valence-electron chi connectivity index (χ0n) is 11.1.